The first-order valence-electron chi connectivity index (χ1n) is 7.52. The summed E-state index contributed by atoms with van der Waals surface area (Å²) in [4.78, 5) is 23.7. The Labute approximate surface area is 143 Å². The quantitative estimate of drug-likeness (QED) is 0.630. The number of Topliss-reactive ketones (excluding diaryl/α,β-unsaturated/α-hetero) is 1. The molecule has 25 heavy (non-hydrogen) atoms. The van der Waals surface area contributed by atoms with Gasteiger partial charge in [0.15, 0.2) is 12.4 Å². The van der Waals surface area contributed by atoms with Crippen molar-refractivity contribution in [3.63, 3.8) is 0 Å². The number of carbonyl (C=O) groups is 2. The van der Waals surface area contributed by atoms with E-state index in [1.807, 2.05) is 0 Å². The molecule has 5 nitrogen and oxygen atoms in total. The minimum atomic E-state index is -0.506. The second kappa shape index (κ2) is 6.76. The van der Waals surface area contributed by atoms with Gasteiger partial charge in [-0.05, 0) is 42.8 Å². The van der Waals surface area contributed by atoms with Crippen LogP contribution in [0.2, 0.25) is 0 Å². The Balaban J connectivity index is 1.86. The zero-order valence-corrected chi connectivity index (χ0v) is 13.7. The van der Waals surface area contributed by atoms with Gasteiger partial charge in [0.25, 0.3) is 0 Å². The maximum absolute atomic E-state index is 13.0. The Morgan fingerprint density at radius 2 is 1.92 bits per heavy atom. The SMILES string of the molecule is COC(=O)COc1ccc2c(c1C)O/C(=C\c1ccc(F)cc1)C2=O. The predicted octanol–water partition coefficient (Wildman–Crippen LogP) is 3.30. The molecule has 3 rings (SSSR count). The van der Waals surface area contributed by atoms with Crippen molar-refractivity contribution >= 4 is 17.8 Å². The Morgan fingerprint density at radius 3 is 2.60 bits per heavy atom. The molecule has 0 radical (unpaired) electrons. The van der Waals surface area contributed by atoms with E-state index in [1.165, 1.54) is 19.2 Å². The van der Waals surface area contributed by atoms with Crippen molar-refractivity contribution < 1.29 is 28.2 Å². The number of carbonyl (C=O) groups excluding carboxylic acids is 2. The molecule has 0 unspecified atom stereocenters. The van der Waals surface area contributed by atoms with Crippen LogP contribution < -0.4 is 9.47 Å². The first-order chi connectivity index (χ1) is 12.0. The molecule has 0 N–H and O–H groups in total. The van der Waals surface area contributed by atoms with Gasteiger partial charge >= 0.3 is 5.97 Å². The van der Waals surface area contributed by atoms with E-state index in [1.54, 1.807) is 37.3 Å². The van der Waals surface area contributed by atoms with Gasteiger partial charge in [-0.15, -0.1) is 0 Å². The Bertz CT molecular complexity index is 868. The molecule has 0 aliphatic carbocycles. The molecule has 0 atom stereocenters. The topological polar surface area (TPSA) is 61.8 Å². The molecule has 2 aromatic carbocycles. The molecular weight excluding hydrogens is 327 g/mol. The lowest BCUT2D eigenvalue weighted by atomic mass is 10.1. The molecule has 0 aromatic heterocycles. The number of benzene rings is 2. The van der Waals surface area contributed by atoms with E-state index in [2.05, 4.69) is 4.74 Å². The molecule has 2 aromatic rings. The minimum Gasteiger partial charge on any atom is -0.481 e. The van der Waals surface area contributed by atoms with Gasteiger partial charge in [0, 0.05) is 5.56 Å². The predicted molar refractivity (Wildman–Crippen MR) is 88.0 cm³/mol. The maximum atomic E-state index is 13.0. The van der Waals surface area contributed by atoms with Gasteiger partial charge < -0.3 is 14.2 Å². The molecule has 0 spiro atoms. The van der Waals surface area contributed by atoms with Gasteiger partial charge in [0.05, 0.1) is 12.7 Å². The zero-order valence-electron chi connectivity index (χ0n) is 13.7. The molecular formula is C19H15FO5. The van der Waals surface area contributed by atoms with Crippen LogP contribution in [0.3, 0.4) is 0 Å². The molecule has 1 aliphatic heterocycles. The summed E-state index contributed by atoms with van der Waals surface area (Å²) in [6.07, 6.45) is 1.55. The minimum absolute atomic E-state index is 0.148. The van der Waals surface area contributed by atoms with Crippen LogP contribution in [0.15, 0.2) is 42.2 Å². The van der Waals surface area contributed by atoms with Crippen LogP contribution >= 0.6 is 0 Å². The lowest BCUT2D eigenvalue weighted by Gasteiger charge is -2.10. The number of fused-ring (bicyclic) bond motifs is 1. The number of ketones is 1. The van der Waals surface area contributed by atoms with Crippen LogP contribution in [0.4, 0.5) is 4.39 Å². The summed E-state index contributed by atoms with van der Waals surface area (Å²) in [6.45, 7) is 1.50. The van der Waals surface area contributed by atoms with Crippen molar-refractivity contribution in [3.05, 3.63) is 64.7 Å². The summed E-state index contributed by atoms with van der Waals surface area (Å²) in [5, 5.41) is 0. The largest absolute Gasteiger partial charge is 0.481 e. The monoisotopic (exact) mass is 342 g/mol. The smallest absolute Gasteiger partial charge is 0.343 e. The summed E-state index contributed by atoms with van der Waals surface area (Å²) in [5.74, 6) is -0.154. The Kier molecular flexibility index (Phi) is 4.52. The van der Waals surface area contributed by atoms with Crippen molar-refractivity contribution in [1.82, 2.24) is 0 Å². The van der Waals surface area contributed by atoms with Crippen LogP contribution in [0.5, 0.6) is 11.5 Å². The van der Waals surface area contributed by atoms with Crippen LogP contribution in [0.1, 0.15) is 21.5 Å². The highest BCUT2D eigenvalue weighted by Gasteiger charge is 2.30. The van der Waals surface area contributed by atoms with Crippen molar-refractivity contribution in [2.75, 3.05) is 13.7 Å². The standard InChI is InChI=1S/C19H15FO5/c1-11-15(24-10-17(21)23-2)8-7-14-18(22)16(25-19(11)14)9-12-3-5-13(20)6-4-12/h3-9H,10H2,1-2H3/b16-9-. The second-order valence-corrected chi connectivity index (χ2v) is 5.42. The Hall–Kier alpha value is -3.15. The van der Waals surface area contributed by atoms with Gasteiger partial charge in [-0.2, -0.15) is 0 Å². The fourth-order valence-electron chi connectivity index (χ4n) is 2.43. The summed E-state index contributed by atoms with van der Waals surface area (Å²) < 4.78 is 28.6. The maximum Gasteiger partial charge on any atom is 0.343 e. The summed E-state index contributed by atoms with van der Waals surface area (Å²) >= 11 is 0. The van der Waals surface area contributed by atoms with Gasteiger partial charge in [0.1, 0.15) is 17.3 Å². The van der Waals surface area contributed by atoms with Gasteiger partial charge in [-0.25, -0.2) is 9.18 Å². The third kappa shape index (κ3) is 3.38. The van der Waals surface area contributed by atoms with Gasteiger partial charge in [-0.1, -0.05) is 12.1 Å². The number of methoxy groups -OCH3 is 1. The highest BCUT2D eigenvalue weighted by molar-refractivity contribution is 6.14. The lowest BCUT2D eigenvalue weighted by molar-refractivity contribution is -0.142. The van der Waals surface area contributed by atoms with Gasteiger partial charge in [-0.3, -0.25) is 4.79 Å². The normalized spacial score (nSPS) is 14.2. The van der Waals surface area contributed by atoms with Crippen molar-refractivity contribution in [2.45, 2.75) is 6.92 Å². The molecule has 0 saturated heterocycles. The highest BCUT2D eigenvalue weighted by Crippen LogP contribution is 2.39. The number of halogens is 1. The molecule has 0 saturated carbocycles. The number of hydrogen-bond acceptors (Lipinski definition) is 5. The molecule has 1 heterocycles. The van der Waals surface area contributed by atoms with Crippen molar-refractivity contribution in [1.29, 1.82) is 0 Å². The number of allylic oxidation sites excluding steroid dienone is 1. The third-order valence-corrected chi connectivity index (χ3v) is 3.78. The van der Waals surface area contributed by atoms with Crippen LogP contribution in [0, 0.1) is 12.7 Å². The van der Waals surface area contributed by atoms with E-state index >= 15 is 0 Å². The number of hydrogen-bond donors (Lipinski definition) is 0. The van der Waals surface area contributed by atoms with E-state index in [0.29, 0.717) is 28.2 Å². The fourth-order valence-corrected chi connectivity index (χ4v) is 2.43. The average Bonchev–Trinajstić information content (AvgIpc) is 2.93. The van der Waals surface area contributed by atoms with Crippen LogP contribution in [0.25, 0.3) is 6.08 Å². The zero-order chi connectivity index (χ0) is 18.0. The van der Waals surface area contributed by atoms with E-state index in [9.17, 15) is 14.0 Å². The van der Waals surface area contributed by atoms with E-state index in [0.717, 1.165) is 0 Å². The van der Waals surface area contributed by atoms with Crippen molar-refractivity contribution in [2.24, 2.45) is 0 Å². The highest BCUT2D eigenvalue weighted by atomic mass is 19.1. The lowest BCUT2D eigenvalue weighted by Crippen LogP contribution is -2.13. The second-order valence-electron chi connectivity index (χ2n) is 5.42. The molecule has 0 bridgehead atoms. The first-order valence-corrected chi connectivity index (χ1v) is 7.52. The Morgan fingerprint density at radius 1 is 1.20 bits per heavy atom. The van der Waals surface area contributed by atoms with Crippen molar-refractivity contribution in [3.8, 4) is 11.5 Å². The number of ether oxygens (including phenoxy) is 3. The number of rotatable bonds is 4. The third-order valence-electron chi connectivity index (χ3n) is 3.78. The van der Waals surface area contributed by atoms with Crippen LogP contribution in [-0.4, -0.2) is 25.5 Å². The van der Waals surface area contributed by atoms with Crippen LogP contribution in [-0.2, 0) is 9.53 Å². The molecule has 0 amide bonds. The molecule has 1 aliphatic rings. The molecule has 128 valence electrons. The summed E-state index contributed by atoms with van der Waals surface area (Å²) in [5.41, 5.74) is 1.67. The summed E-state index contributed by atoms with van der Waals surface area (Å²) in [6, 6.07) is 8.92. The van der Waals surface area contributed by atoms with E-state index in [-0.39, 0.29) is 24.0 Å². The van der Waals surface area contributed by atoms with E-state index < -0.39 is 5.97 Å². The average molecular weight is 342 g/mol. The van der Waals surface area contributed by atoms with E-state index in [4.69, 9.17) is 9.47 Å². The first kappa shape index (κ1) is 16.7. The molecule has 0 fully saturated rings. The summed E-state index contributed by atoms with van der Waals surface area (Å²) in [7, 11) is 1.27. The molecule has 6 heteroatoms. The number of esters is 1. The van der Waals surface area contributed by atoms with Gasteiger partial charge in [0.2, 0.25) is 5.78 Å². The fraction of sp³-hybridized carbons (Fsp3) is 0.158.